The second-order valence-corrected chi connectivity index (χ2v) is 5.59. The minimum Gasteiger partial charge on any atom is -0.375 e. The Morgan fingerprint density at radius 2 is 2.26 bits per heavy atom. The fourth-order valence-electron chi connectivity index (χ4n) is 2.59. The molecule has 23 heavy (non-hydrogen) atoms. The third-order valence-corrected chi connectivity index (χ3v) is 3.86. The van der Waals surface area contributed by atoms with Gasteiger partial charge in [-0.3, -0.25) is 14.8 Å². The molecule has 0 unspecified atom stereocenters. The lowest BCUT2D eigenvalue weighted by Gasteiger charge is -2.37. The summed E-state index contributed by atoms with van der Waals surface area (Å²) in [5, 5.41) is 5.98. The van der Waals surface area contributed by atoms with Crippen LogP contribution in [0.25, 0.3) is 0 Å². The lowest BCUT2D eigenvalue weighted by Crippen LogP contribution is -2.53. The summed E-state index contributed by atoms with van der Waals surface area (Å²) in [6, 6.07) is 0.826. The van der Waals surface area contributed by atoms with Crippen molar-refractivity contribution in [3.63, 3.8) is 0 Å². The van der Waals surface area contributed by atoms with E-state index in [4.69, 9.17) is 4.84 Å². The summed E-state index contributed by atoms with van der Waals surface area (Å²) in [7, 11) is 4.92. The molecule has 2 heterocycles. The number of halogens is 2. The van der Waals surface area contributed by atoms with Gasteiger partial charge in [0, 0.05) is 19.8 Å². The second kappa shape index (κ2) is 7.20. The zero-order valence-electron chi connectivity index (χ0n) is 13.7. The number of hydrazine groups is 1. The molecular weight excluding hydrogens is 304 g/mol. The Morgan fingerprint density at radius 1 is 1.52 bits per heavy atom. The zero-order valence-corrected chi connectivity index (χ0v) is 13.7. The monoisotopic (exact) mass is 327 g/mol. The Bertz CT molecular complexity index is 542. The van der Waals surface area contributed by atoms with Gasteiger partial charge in [0.15, 0.2) is 0 Å². The van der Waals surface area contributed by atoms with E-state index < -0.39 is 12.0 Å². The molecule has 2 rings (SSSR count). The van der Waals surface area contributed by atoms with Gasteiger partial charge in [-0.15, -0.1) is 0 Å². The number of hydrogen-bond acceptors (Lipinski definition) is 6. The molecule has 128 valence electrons. The molecule has 1 aliphatic rings. The highest BCUT2D eigenvalue weighted by Gasteiger charge is 2.43. The fraction of sp³-hybridized carbons (Fsp3) is 0.533. The van der Waals surface area contributed by atoms with Gasteiger partial charge in [-0.2, -0.15) is 0 Å². The van der Waals surface area contributed by atoms with Gasteiger partial charge in [0.2, 0.25) is 0 Å². The number of hydrogen-bond donors (Lipinski definition) is 1. The van der Waals surface area contributed by atoms with Crippen molar-refractivity contribution >= 4 is 11.4 Å². The number of aromatic nitrogens is 1. The first-order valence-corrected chi connectivity index (χ1v) is 7.35. The van der Waals surface area contributed by atoms with Gasteiger partial charge in [-0.25, -0.2) is 8.78 Å². The molecule has 1 atom stereocenters. The summed E-state index contributed by atoms with van der Waals surface area (Å²) < 4.78 is 28.3. The number of likely N-dealkylation sites (tertiary alicyclic amines) is 1. The molecule has 0 bridgehead atoms. The normalized spacial score (nSPS) is 21.2. The molecule has 1 fully saturated rings. The predicted molar refractivity (Wildman–Crippen MR) is 86.2 cm³/mol. The van der Waals surface area contributed by atoms with E-state index in [9.17, 15) is 8.78 Å². The first-order chi connectivity index (χ1) is 10.9. The van der Waals surface area contributed by atoms with Crippen molar-refractivity contribution in [3.8, 4) is 0 Å². The first kappa shape index (κ1) is 17.6. The van der Waals surface area contributed by atoms with E-state index in [1.807, 2.05) is 0 Å². The maximum atomic E-state index is 14.1. The molecule has 1 aromatic heterocycles. The summed E-state index contributed by atoms with van der Waals surface area (Å²) >= 11 is 0. The fourth-order valence-corrected chi connectivity index (χ4v) is 2.59. The van der Waals surface area contributed by atoms with Gasteiger partial charge in [0.05, 0.1) is 43.5 Å². The average Bonchev–Trinajstić information content (AvgIpc) is 2.50. The van der Waals surface area contributed by atoms with Crippen molar-refractivity contribution in [1.29, 1.82) is 0 Å². The van der Waals surface area contributed by atoms with E-state index in [1.165, 1.54) is 18.5 Å². The summed E-state index contributed by atoms with van der Waals surface area (Å²) in [5.41, 5.74) is 1.19. The van der Waals surface area contributed by atoms with Crippen LogP contribution >= 0.6 is 0 Å². The molecule has 1 N–H and O–H groups in total. The van der Waals surface area contributed by atoms with Crippen LogP contribution in [0, 0.1) is 0 Å². The Labute approximate surface area is 135 Å². The van der Waals surface area contributed by atoms with Gasteiger partial charge in [0.25, 0.3) is 5.92 Å². The molecule has 0 amide bonds. The minimum atomic E-state index is -2.79. The van der Waals surface area contributed by atoms with Crippen LogP contribution in [-0.4, -0.2) is 61.3 Å². The van der Waals surface area contributed by atoms with Gasteiger partial charge in [-0.05, 0) is 19.5 Å². The number of hydroxylamine groups is 1. The predicted octanol–water partition coefficient (Wildman–Crippen LogP) is 2.19. The van der Waals surface area contributed by atoms with Crippen molar-refractivity contribution in [2.24, 2.45) is 0 Å². The van der Waals surface area contributed by atoms with E-state index in [0.29, 0.717) is 24.3 Å². The Hall–Kier alpha value is -1.77. The van der Waals surface area contributed by atoms with Gasteiger partial charge >= 0.3 is 0 Å². The quantitative estimate of drug-likeness (QED) is 0.808. The molecule has 8 heteroatoms. The van der Waals surface area contributed by atoms with Crippen molar-refractivity contribution in [2.45, 2.75) is 18.4 Å². The smallest absolute Gasteiger partial charge is 0.280 e. The van der Waals surface area contributed by atoms with E-state index in [2.05, 4.69) is 16.9 Å². The van der Waals surface area contributed by atoms with Gasteiger partial charge in [0.1, 0.15) is 0 Å². The average molecular weight is 327 g/mol. The molecular formula is C15H23F2N5O. The van der Waals surface area contributed by atoms with Gasteiger partial charge < -0.3 is 10.2 Å². The minimum absolute atomic E-state index is 0.247. The largest absolute Gasteiger partial charge is 0.375 e. The van der Waals surface area contributed by atoms with Crippen molar-refractivity contribution in [2.75, 3.05) is 44.6 Å². The summed E-state index contributed by atoms with van der Waals surface area (Å²) in [5.74, 6) is -2.79. The molecule has 0 radical (unpaired) electrons. The van der Waals surface area contributed by atoms with Crippen LogP contribution < -0.4 is 10.3 Å². The molecule has 1 aromatic rings. The van der Waals surface area contributed by atoms with Gasteiger partial charge in [-0.1, -0.05) is 11.8 Å². The number of alkyl halides is 2. The first-order valence-electron chi connectivity index (χ1n) is 7.35. The highest BCUT2D eigenvalue weighted by molar-refractivity contribution is 5.56. The number of piperidine rings is 1. The summed E-state index contributed by atoms with van der Waals surface area (Å²) in [6.45, 7) is 4.10. The van der Waals surface area contributed by atoms with Crippen LogP contribution in [0.15, 0.2) is 31.2 Å². The maximum absolute atomic E-state index is 14.1. The molecule has 0 aromatic carbocycles. The van der Waals surface area contributed by atoms with E-state index in [-0.39, 0.29) is 6.54 Å². The SMILES string of the molecule is C=CN(c1cncc(N[C@H]2CCN(C)CC2(F)F)c1)N(C)OC. The van der Waals surface area contributed by atoms with Crippen LogP contribution in [0.3, 0.4) is 0 Å². The molecule has 0 saturated carbocycles. The number of anilines is 2. The number of pyridine rings is 1. The highest BCUT2D eigenvalue weighted by Crippen LogP contribution is 2.30. The Morgan fingerprint density at radius 3 is 2.87 bits per heavy atom. The topological polar surface area (TPSA) is 43.9 Å². The third kappa shape index (κ3) is 4.15. The lowest BCUT2D eigenvalue weighted by atomic mass is 10.0. The van der Waals surface area contributed by atoms with Crippen molar-refractivity contribution in [1.82, 2.24) is 15.1 Å². The van der Waals surface area contributed by atoms with Crippen LogP contribution in [0.4, 0.5) is 20.2 Å². The third-order valence-electron chi connectivity index (χ3n) is 3.86. The van der Waals surface area contributed by atoms with E-state index in [0.717, 1.165) is 0 Å². The number of rotatable bonds is 6. The molecule has 6 nitrogen and oxygen atoms in total. The molecule has 0 aliphatic carbocycles. The molecule has 0 spiro atoms. The standard InChI is InChI=1S/C15H23F2N5O/c1-5-22(21(3)23-4)13-8-12(9-18-10-13)19-14-6-7-20(2)11-15(14,16)17/h5,8-10,14,19H,1,6-7,11H2,2-4H3/t14-/m0/s1. The highest BCUT2D eigenvalue weighted by atomic mass is 19.3. The van der Waals surface area contributed by atoms with Crippen LogP contribution in [0.1, 0.15) is 6.42 Å². The second-order valence-electron chi connectivity index (χ2n) is 5.59. The van der Waals surface area contributed by atoms with Crippen LogP contribution in [0.2, 0.25) is 0 Å². The van der Waals surface area contributed by atoms with Crippen LogP contribution in [-0.2, 0) is 4.84 Å². The van der Waals surface area contributed by atoms with E-state index in [1.54, 1.807) is 42.5 Å². The van der Waals surface area contributed by atoms with E-state index >= 15 is 0 Å². The summed E-state index contributed by atoms with van der Waals surface area (Å²) in [4.78, 5) is 10.9. The van der Waals surface area contributed by atoms with Crippen LogP contribution in [0.5, 0.6) is 0 Å². The number of nitrogens with zero attached hydrogens (tertiary/aromatic N) is 4. The summed E-state index contributed by atoms with van der Waals surface area (Å²) in [6.07, 6.45) is 5.06. The van der Waals surface area contributed by atoms with Crippen molar-refractivity contribution < 1.29 is 13.6 Å². The number of nitrogens with one attached hydrogen (secondary N) is 1. The van der Waals surface area contributed by atoms with Crippen molar-refractivity contribution in [3.05, 3.63) is 31.2 Å². The Balaban J connectivity index is 2.15. The lowest BCUT2D eigenvalue weighted by molar-refractivity contribution is -0.110. The zero-order chi connectivity index (χ0) is 17.0. The molecule has 1 aliphatic heterocycles. The maximum Gasteiger partial charge on any atom is 0.280 e. The Kier molecular flexibility index (Phi) is 5.51. The molecule has 1 saturated heterocycles.